The lowest BCUT2D eigenvalue weighted by atomic mass is 9.84. The summed E-state index contributed by atoms with van der Waals surface area (Å²) in [6.45, 7) is 2.99. The van der Waals surface area contributed by atoms with Gasteiger partial charge in [0.2, 0.25) is 5.91 Å². The molecule has 1 saturated heterocycles. The van der Waals surface area contributed by atoms with Crippen LogP contribution in [0.3, 0.4) is 0 Å². The van der Waals surface area contributed by atoms with Crippen molar-refractivity contribution in [3.05, 3.63) is 83.0 Å². The van der Waals surface area contributed by atoms with Gasteiger partial charge in [0.05, 0.1) is 23.8 Å². The van der Waals surface area contributed by atoms with E-state index in [1.807, 2.05) is 24.0 Å². The Labute approximate surface area is 253 Å². The number of aliphatic imine (C=N–C) groups is 2. The molecule has 2 atom stereocenters. The molecule has 2 aromatic carbocycles. The number of benzene rings is 2. The van der Waals surface area contributed by atoms with Crippen LogP contribution in [0.5, 0.6) is 0 Å². The van der Waals surface area contributed by atoms with Gasteiger partial charge in [-0.15, -0.1) is 37.2 Å². The number of piperazine rings is 1. The Balaban J connectivity index is 0.00000187. The van der Waals surface area contributed by atoms with E-state index in [1.165, 1.54) is 18.5 Å². The van der Waals surface area contributed by atoms with Crippen LogP contribution in [0.1, 0.15) is 24.1 Å². The average molecular weight is 635 g/mol. The van der Waals surface area contributed by atoms with Gasteiger partial charge in [-0.2, -0.15) is 13.2 Å². The number of halogens is 7. The molecule has 1 amide bonds. The maximum Gasteiger partial charge on any atom is 0.416 e. The van der Waals surface area contributed by atoms with E-state index < -0.39 is 23.3 Å². The molecule has 214 valence electrons. The van der Waals surface area contributed by atoms with Crippen LogP contribution in [-0.2, 0) is 11.0 Å². The summed E-state index contributed by atoms with van der Waals surface area (Å²) in [6.07, 6.45) is 0.379. The number of rotatable bonds is 5. The molecule has 0 spiro atoms. The van der Waals surface area contributed by atoms with E-state index in [0.717, 1.165) is 23.4 Å². The summed E-state index contributed by atoms with van der Waals surface area (Å²) in [5.41, 5.74) is 1.02. The highest BCUT2D eigenvalue weighted by Crippen LogP contribution is 2.41. The molecule has 6 nitrogen and oxygen atoms in total. The molecule has 0 bridgehead atoms. The zero-order chi connectivity index (χ0) is 26.2. The number of hydrogen-bond acceptors (Lipinski definition) is 5. The van der Waals surface area contributed by atoms with Gasteiger partial charge in [-0.25, -0.2) is 4.99 Å². The number of carbonyl (C=O) groups is 1. The minimum atomic E-state index is -4.43. The van der Waals surface area contributed by atoms with E-state index in [4.69, 9.17) is 11.6 Å². The first-order chi connectivity index (χ1) is 17.7. The zero-order valence-electron chi connectivity index (χ0n) is 21.1. The van der Waals surface area contributed by atoms with Crippen LogP contribution in [0, 0.1) is 0 Å². The highest BCUT2D eigenvalue weighted by atomic mass is 35.5. The quantitative estimate of drug-likeness (QED) is 0.305. The third-order valence-electron chi connectivity index (χ3n) is 6.65. The summed E-state index contributed by atoms with van der Waals surface area (Å²) in [5, 5.41) is 0.547. The van der Waals surface area contributed by atoms with Crippen molar-refractivity contribution in [1.82, 2.24) is 9.88 Å². The Bertz CT molecular complexity index is 1370. The number of pyridine rings is 1. The van der Waals surface area contributed by atoms with Crippen LogP contribution >= 0.6 is 48.8 Å². The van der Waals surface area contributed by atoms with Crippen LogP contribution in [0.25, 0.3) is 11.3 Å². The van der Waals surface area contributed by atoms with Crippen molar-refractivity contribution in [3.8, 4) is 11.3 Å². The molecule has 3 heterocycles. The van der Waals surface area contributed by atoms with Crippen LogP contribution in [0.4, 0.5) is 18.9 Å². The lowest BCUT2D eigenvalue weighted by molar-refractivity contribution is -0.137. The predicted octanol–water partition coefficient (Wildman–Crippen LogP) is 6.95. The molecule has 3 aromatic rings. The van der Waals surface area contributed by atoms with Gasteiger partial charge in [-0.1, -0.05) is 35.9 Å². The molecular weight excluding hydrogens is 609 g/mol. The standard InChI is InChI=1S/C27H23ClF3N5O.3ClH/c1-26(16-32-17-34-26)25(35-12-13-36(23(37)15-35)21-5-2-4-20(28)14-21)22-6-3-11-33-24(22)18-7-9-19(10-8-18)27(29,30)31;;;/h2-11,14,16-17,25H,12-13,15H2,1H3;3*1H. The summed E-state index contributed by atoms with van der Waals surface area (Å²) >= 11 is 6.14. The Morgan fingerprint density at radius 3 is 2.33 bits per heavy atom. The van der Waals surface area contributed by atoms with Crippen molar-refractivity contribution in [2.45, 2.75) is 24.7 Å². The van der Waals surface area contributed by atoms with E-state index in [0.29, 0.717) is 29.4 Å². The molecule has 0 N–H and O–H groups in total. The smallest absolute Gasteiger partial charge is 0.310 e. The minimum Gasteiger partial charge on any atom is -0.310 e. The number of nitrogens with zero attached hydrogens (tertiary/aromatic N) is 5. The van der Waals surface area contributed by atoms with Crippen molar-refractivity contribution >= 4 is 73.0 Å². The topological polar surface area (TPSA) is 61.2 Å². The third kappa shape index (κ3) is 6.78. The predicted molar refractivity (Wildman–Crippen MR) is 160 cm³/mol. The first-order valence-electron chi connectivity index (χ1n) is 11.7. The molecule has 2 unspecified atom stereocenters. The fraction of sp³-hybridized carbons (Fsp3) is 0.259. The van der Waals surface area contributed by atoms with E-state index in [-0.39, 0.29) is 49.7 Å². The molecule has 5 rings (SSSR count). The van der Waals surface area contributed by atoms with Crippen LogP contribution in [0.15, 0.2) is 76.8 Å². The van der Waals surface area contributed by atoms with E-state index >= 15 is 0 Å². The summed E-state index contributed by atoms with van der Waals surface area (Å²) in [4.78, 5) is 30.4. The molecule has 1 fully saturated rings. The maximum absolute atomic E-state index is 13.3. The van der Waals surface area contributed by atoms with Crippen LogP contribution < -0.4 is 4.90 Å². The molecule has 1 aromatic heterocycles. The molecule has 0 aliphatic carbocycles. The fourth-order valence-corrected chi connectivity index (χ4v) is 5.11. The lowest BCUT2D eigenvalue weighted by Gasteiger charge is -2.43. The van der Waals surface area contributed by atoms with Crippen LogP contribution in [-0.4, -0.2) is 53.5 Å². The van der Waals surface area contributed by atoms with Crippen LogP contribution in [0.2, 0.25) is 5.02 Å². The molecule has 2 aliphatic rings. The van der Waals surface area contributed by atoms with Crippen molar-refractivity contribution in [2.75, 3.05) is 24.5 Å². The van der Waals surface area contributed by atoms with E-state index in [1.54, 1.807) is 41.6 Å². The van der Waals surface area contributed by atoms with Gasteiger partial charge in [0.25, 0.3) is 0 Å². The first-order valence-corrected chi connectivity index (χ1v) is 12.0. The van der Waals surface area contributed by atoms with Gasteiger partial charge in [-0.3, -0.25) is 19.7 Å². The Hall–Kier alpha value is -2.69. The second-order valence-corrected chi connectivity index (χ2v) is 9.60. The van der Waals surface area contributed by atoms with Gasteiger partial charge < -0.3 is 4.90 Å². The van der Waals surface area contributed by atoms with Gasteiger partial charge in [-0.05, 0) is 48.9 Å². The zero-order valence-corrected chi connectivity index (χ0v) is 24.3. The number of carbonyl (C=O) groups excluding carboxylic acids is 1. The van der Waals surface area contributed by atoms with Gasteiger partial charge in [0, 0.05) is 41.8 Å². The van der Waals surface area contributed by atoms with Crippen molar-refractivity contribution in [2.24, 2.45) is 9.98 Å². The molecule has 13 heteroatoms. The number of amides is 1. The number of alkyl halides is 3. The minimum absolute atomic E-state index is 0. The Morgan fingerprint density at radius 2 is 1.73 bits per heavy atom. The summed E-state index contributed by atoms with van der Waals surface area (Å²) in [6, 6.07) is 15.3. The SMILES string of the molecule is CC1(C(c2cccnc2-c2ccc(C(F)(F)F)cc2)N2CCN(c3cccc(Cl)c3)C(=O)C2)C=NC=N1.Cl.Cl.Cl. The molecule has 40 heavy (non-hydrogen) atoms. The van der Waals surface area contributed by atoms with Gasteiger partial charge in [0.15, 0.2) is 0 Å². The maximum atomic E-state index is 13.3. The molecule has 0 saturated carbocycles. The first kappa shape index (κ1) is 33.5. The third-order valence-corrected chi connectivity index (χ3v) is 6.88. The monoisotopic (exact) mass is 633 g/mol. The molecule has 0 radical (unpaired) electrons. The van der Waals surface area contributed by atoms with Crippen molar-refractivity contribution < 1.29 is 18.0 Å². The summed E-state index contributed by atoms with van der Waals surface area (Å²) < 4.78 is 39.4. The molecular formula is C27H26Cl4F3N5O. The Morgan fingerprint density at radius 1 is 1.00 bits per heavy atom. The molecule has 2 aliphatic heterocycles. The average Bonchev–Trinajstić information content (AvgIpc) is 3.31. The number of hydrogen-bond donors (Lipinski definition) is 0. The highest BCUT2D eigenvalue weighted by Gasteiger charge is 2.43. The summed E-state index contributed by atoms with van der Waals surface area (Å²) in [7, 11) is 0. The Kier molecular flexibility index (Phi) is 11.2. The normalized spacial score (nSPS) is 19.4. The van der Waals surface area contributed by atoms with Crippen molar-refractivity contribution in [3.63, 3.8) is 0 Å². The fourth-order valence-electron chi connectivity index (χ4n) is 4.92. The van der Waals surface area contributed by atoms with E-state index in [9.17, 15) is 18.0 Å². The highest BCUT2D eigenvalue weighted by molar-refractivity contribution is 6.30. The van der Waals surface area contributed by atoms with Gasteiger partial charge >= 0.3 is 6.18 Å². The largest absolute Gasteiger partial charge is 0.416 e. The second-order valence-electron chi connectivity index (χ2n) is 9.16. The second kappa shape index (κ2) is 13.3. The van der Waals surface area contributed by atoms with Gasteiger partial charge in [0.1, 0.15) is 11.9 Å². The number of anilines is 1. The van der Waals surface area contributed by atoms with E-state index in [2.05, 4.69) is 15.0 Å². The number of aromatic nitrogens is 1. The lowest BCUT2D eigenvalue weighted by Crippen LogP contribution is -2.55. The van der Waals surface area contributed by atoms with Crippen molar-refractivity contribution in [1.29, 1.82) is 0 Å². The summed E-state index contributed by atoms with van der Waals surface area (Å²) in [5.74, 6) is -0.0963.